The van der Waals surface area contributed by atoms with Crippen molar-refractivity contribution in [3.8, 4) is 5.75 Å². The summed E-state index contributed by atoms with van der Waals surface area (Å²) >= 11 is 0. The van der Waals surface area contributed by atoms with Gasteiger partial charge >= 0.3 is 0 Å². The molecule has 2 aromatic carbocycles. The Morgan fingerprint density at radius 1 is 0.971 bits per heavy atom. The minimum atomic E-state index is -1.29. The number of amides is 3. The fraction of sp³-hybridized carbons (Fsp3) is 0.444. The highest BCUT2D eigenvalue weighted by Crippen LogP contribution is 2.44. The van der Waals surface area contributed by atoms with Gasteiger partial charge in [-0.3, -0.25) is 19.3 Å². The second kappa shape index (κ2) is 10.5. The molecule has 2 fully saturated rings. The Morgan fingerprint density at radius 2 is 1.66 bits per heavy atom. The molecule has 0 N–H and O–H groups in total. The average molecular weight is 480 g/mol. The number of likely N-dealkylation sites (tertiary alicyclic amines) is 1. The molecule has 1 unspecified atom stereocenters. The van der Waals surface area contributed by atoms with Gasteiger partial charge in [0.25, 0.3) is 0 Å². The molecule has 1 atom stereocenters. The van der Waals surface area contributed by atoms with Gasteiger partial charge in [-0.1, -0.05) is 36.4 Å². The van der Waals surface area contributed by atoms with E-state index in [4.69, 9.17) is 9.47 Å². The van der Waals surface area contributed by atoms with Crippen LogP contribution in [-0.4, -0.2) is 81.1 Å². The van der Waals surface area contributed by atoms with E-state index in [-0.39, 0.29) is 43.7 Å². The van der Waals surface area contributed by atoms with Crippen molar-refractivity contribution in [2.24, 2.45) is 0 Å². The van der Waals surface area contributed by atoms with E-state index < -0.39 is 5.41 Å². The number of ether oxygens (including phenoxy) is 2. The molecule has 0 spiro atoms. The first-order valence-electron chi connectivity index (χ1n) is 12.0. The first-order chi connectivity index (χ1) is 16.9. The Labute approximate surface area is 206 Å². The predicted molar refractivity (Wildman–Crippen MR) is 132 cm³/mol. The lowest BCUT2D eigenvalue weighted by Crippen LogP contribution is -2.51. The van der Waals surface area contributed by atoms with Crippen molar-refractivity contribution in [1.29, 1.82) is 0 Å². The molecule has 4 rings (SSSR count). The lowest BCUT2D eigenvalue weighted by Gasteiger charge is -2.38. The topological polar surface area (TPSA) is 79.4 Å². The molecule has 0 bridgehead atoms. The first kappa shape index (κ1) is 24.7. The number of anilines is 1. The van der Waals surface area contributed by atoms with Crippen molar-refractivity contribution in [2.75, 3.05) is 58.5 Å². The molecule has 186 valence electrons. The molecular formula is C27H33N3O5. The summed E-state index contributed by atoms with van der Waals surface area (Å²) in [5.41, 5.74) is 1.67. The highest BCUT2D eigenvalue weighted by molar-refractivity contribution is 6.11. The summed E-state index contributed by atoms with van der Waals surface area (Å²) in [5.74, 6) is -0.291. The largest absolute Gasteiger partial charge is 0.496 e. The van der Waals surface area contributed by atoms with Crippen molar-refractivity contribution >= 4 is 23.4 Å². The first-order valence-corrected chi connectivity index (χ1v) is 12.0. The van der Waals surface area contributed by atoms with Crippen LogP contribution in [0.5, 0.6) is 5.75 Å². The Bertz CT molecular complexity index is 1100. The highest BCUT2D eigenvalue weighted by Gasteiger charge is 2.55. The van der Waals surface area contributed by atoms with Gasteiger partial charge < -0.3 is 19.3 Å². The third-order valence-electron chi connectivity index (χ3n) is 7.09. The van der Waals surface area contributed by atoms with Crippen LogP contribution >= 0.6 is 0 Å². The average Bonchev–Trinajstić information content (AvgIpc) is 3.12. The molecule has 2 heterocycles. The van der Waals surface area contributed by atoms with E-state index in [0.29, 0.717) is 37.5 Å². The van der Waals surface area contributed by atoms with Crippen molar-refractivity contribution in [1.82, 2.24) is 9.80 Å². The fourth-order valence-corrected chi connectivity index (χ4v) is 5.18. The molecule has 8 heteroatoms. The molecule has 2 saturated heterocycles. The Hall–Kier alpha value is -3.39. The van der Waals surface area contributed by atoms with Crippen LogP contribution < -0.4 is 9.64 Å². The Balaban J connectivity index is 1.57. The zero-order chi connectivity index (χ0) is 25.0. The van der Waals surface area contributed by atoms with Gasteiger partial charge in [-0.05, 0) is 24.6 Å². The maximum atomic E-state index is 13.7. The number of hydrogen-bond donors (Lipinski definition) is 0. The number of methoxy groups -OCH3 is 2. The summed E-state index contributed by atoms with van der Waals surface area (Å²) < 4.78 is 10.6. The Kier molecular flexibility index (Phi) is 7.40. The van der Waals surface area contributed by atoms with E-state index in [1.807, 2.05) is 23.1 Å². The number of carbonyl (C=O) groups is 3. The normalized spacial score (nSPS) is 20.5. The van der Waals surface area contributed by atoms with E-state index in [0.717, 1.165) is 0 Å². The van der Waals surface area contributed by atoms with Crippen LogP contribution in [0.25, 0.3) is 0 Å². The number of piperazine rings is 1. The molecular weight excluding hydrogens is 446 g/mol. The van der Waals surface area contributed by atoms with Crippen molar-refractivity contribution in [2.45, 2.75) is 25.2 Å². The van der Waals surface area contributed by atoms with Crippen LogP contribution in [0.3, 0.4) is 0 Å². The summed E-state index contributed by atoms with van der Waals surface area (Å²) in [4.78, 5) is 45.6. The summed E-state index contributed by atoms with van der Waals surface area (Å²) in [7, 11) is 3.06. The second-order valence-corrected chi connectivity index (χ2v) is 9.13. The van der Waals surface area contributed by atoms with Gasteiger partial charge in [-0.25, -0.2) is 0 Å². The summed E-state index contributed by atoms with van der Waals surface area (Å²) in [6, 6.07) is 15.4. The Morgan fingerprint density at radius 3 is 2.34 bits per heavy atom. The summed E-state index contributed by atoms with van der Waals surface area (Å²) in [5, 5.41) is 0. The molecule has 2 aliphatic rings. The molecule has 2 aliphatic heterocycles. The number of rotatable bonds is 8. The summed E-state index contributed by atoms with van der Waals surface area (Å²) in [6.45, 7) is 5.04. The van der Waals surface area contributed by atoms with E-state index in [1.165, 1.54) is 30.4 Å². The summed E-state index contributed by atoms with van der Waals surface area (Å²) in [6.07, 6.45) is -0.142. The molecule has 2 aromatic rings. The minimum absolute atomic E-state index is 0.0646. The smallest absolute Gasteiger partial charge is 0.241 e. The van der Waals surface area contributed by atoms with Gasteiger partial charge in [-0.2, -0.15) is 0 Å². The van der Waals surface area contributed by atoms with Gasteiger partial charge in [0, 0.05) is 57.4 Å². The maximum absolute atomic E-state index is 13.7. The van der Waals surface area contributed by atoms with E-state index in [9.17, 15) is 14.4 Å². The molecule has 0 saturated carbocycles. The van der Waals surface area contributed by atoms with Crippen LogP contribution in [0.4, 0.5) is 5.69 Å². The van der Waals surface area contributed by atoms with Crippen LogP contribution in [-0.2, 0) is 24.5 Å². The van der Waals surface area contributed by atoms with E-state index >= 15 is 0 Å². The van der Waals surface area contributed by atoms with Gasteiger partial charge in [-0.15, -0.1) is 0 Å². The third-order valence-corrected chi connectivity index (χ3v) is 7.09. The van der Waals surface area contributed by atoms with Crippen molar-refractivity contribution in [3.05, 3.63) is 59.7 Å². The highest BCUT2D eigenvalue weighted by atomic mass is 16.5. The van der Waals surface area contributed by atoms with E-state index in [2.05, 4.69) is 24.0 Å². The van der Waals surface area contributed by atoms with Crippen LogP contribution in [0.2, 0.25) is 0 Å². The zero-order valence-corrected chi connectivity index (χ0v) is 20.7. The fourth-order valence-electron chi connectivity index (χ4n) is 5.18. The number of para-hydroxylation sites is 2. The molecule has 0 aliphatic carbocycles. The monoisotopic (exact) mass is 479 g/mol. The molecule has 0 radical (unpaired) electrons. The SMILES string of the molecule is COCCN1C(=O)CC(CC(=O)N2CCN(c3ccccc3C)CC2)(c2ccccc2OC)C1=O. The number of benzene rings is 2. The third kappa shape index (κ3) is 4.75. The van der Waals surface area contributed by atoms with Crippen LogP contribution in [0.1, 0.15) is 24.0 Å². The molecule has 3 amide bonds. The quantitative estimate of drug-likeness (QED) is 0.541. The lowest BCUT2D eigenvalue weighted by atomic mass is 9.75. The predicted octanol–water partition coefficient (Wildman–Crippen LogP) is 2.39. The van der Waals surface area contributed by atoms with Crippen LogP contribution in [0, 0.1) is 6.92 Å². The standard InChI is InChI=1S/C27H33N3O5/c1-20-8-4-6-10-22(20)28-12-14-29(15-13-28)24(31)18-27(21-9-5-7-11-23(21)35-3)19-25(32)30(26(27)33)16-17-34-2/h4-11H,12-19H2,1-3H3. The molecule has 35 heavy (non-hydrogen) atoms. The van der Waals surface area contributed by atoms with Gasteiger partial charge in [0.15, 0.2) is 0 Å². The van der Waals surface area contributed by atoms with Crippen LogP contribution in [0.15, 0.2) is 48.5 Å². The number of imide groups is 1. The second-order valence-electron chi connectivity index (χ2n) is 9.13. The zero-order valence-electron chi connectivity index (χ0n) is 20.7. The van der Waals surface area contributed by atoms with Gasteiger partial charge in [0.2, 0.25) is 17.7 Å². The van der Waals surface area contributed by atoms with Crippen molar-refractivity contribution < 1.29 is 23.9 Å². The lowest BCUT2D eigenvalue weighted by molar-refractivity contribution is -0.143. The van der Waals surface area contributed by atoms with Gasteiger partial charge in [0.1, 0.15) is 5.75 Å². The van der Waals surface area contributed by atoms with E-state index in [1.54, 1.807) is 18.2 Å². The van der Waals surface area contributed by atoms with Crippen molar-refractivity contribution in [3.63, 3.8) is 0 Å². The number of nitrogens with zero attached hydrogens (tertiary/aromatic N) is 3. The number of aryl methyl sites for hydroxylation is 1. The maximum Gasteiger partial charge on any atom is 0.241 e. The minimum Gasteiger partial charge on any atom is -0.496 e. The number of carbonyl (C=O) groups excluding carboxylic acids is 3. The van der Waals surface area contributed by atoms with Gasteiger partial charge in [0.05, 0.1) is 25.7 Å². The number of hydrogen-bond acceptors (Lipinski definition) is 6. The molecule has 8 nitrogen and oxygen atoms in total. The molecule has 0 aromatic heterocycles.